The molecule has 0 saturated carbocycles. The van der Waals surface area contributed by atoms with Crippen molar-refractivity contribution in [2.45, 2.75) is 20.5 Å². The molecule has 2 aromatic heterocycles. The van der Waals surface area contributed by atoms with Crippen molar-refractivity contribution in [1.29, 1.82) is 0 Å². The van der Waals surface area contributed by atoms with Gasteiger partial charge in [0, 0.05) is 5.56 Å². The third-order valence-corrected chi connectivity index (χ3v) is 2.01. The van der Waals surface area contributed by atoms with Crippen molar-refractivity contribution in [3.63, 3.8) is 0 Å². The van der Waals surface area contributed by atoms with Gasteiger partial charge < -0.3 is 5.11 Å². The van der Waals surface area contributed by atoms with Gasteiger partial charge in [-0.1, -0.05) is 0 Å². The van der Waals surface area contributed by atoms with E-state index < -0.39 is 0 Å². The molecule has 0 fully saturated rings. The van der Waals surface area contributed by atoms with E-state index in [-0.39, 0.29) is 6.61 Å². The van der Waals surface area contributed by atoms with Crippen LogP contribution in [0.3, 0.4) is 0 Å². The molecular formula is C8H10N4O. The molecule has 0 unspecified atom stereocenters. The zero-order valence-electron chi connectivity index (χ0n) is 7.52. The maximum atomic E-state index is 8.99. The van der Waals surface area contributed by atoms with Gasteiger partial charge in [0.1, 0.15) is 0 Å². The van der Waals surface area contributed by atoms with Crippen LogP contribution in [0, 0.1) is 13.8 Å². The molecule has 0 aliphatic heterocycles. The van der Waals surface area contributed by atoms with Crippen LogP contribution < -0.4 is 0 Å². The molecule has 0 saturated heterocycles. The highest BCUT2D eigenvalue weighted by atomic mass is 16.3. The average molecular weight is 178 g/mol. The van der Waals surface area contributed by atoms with E-state index in [1.807, 2.05) is 13.8 Å². The van der Waals surface area contributed by atoms with Crippen molar-refractivity contribution in [2.24, 2.45) is 0 Å². The Morgan fingerprint density at radius 1 is 1.38 bits per heavy atom. The van der Waals surface area contributed by atoms with Crippen LogP contribution in [0.25, 0.3) is 5.65 Å². The Morgan fingerprint density at radius 2 is 2.15 bits per heavy atom. The van der Waals surface area contributed by atoms with Crippen LogP contribution in [0.1, 0.15) is 17.1 Å². The maximum Gasteiger partial charge on any atom is 0.178 e. The monoisotopic (exact) mass is 178 g/mol. The third kappa shape index (κ3) is 1.17. The summed E-state index contributed by atoms with van der Waals surface area (Å²) in [5.74, 6) is 0.752. The summed E-state index contributed by atoms with van der Waals surface area (Å²) < 4.78 is 1.66. The molecule has 1 N–H and O–H groups in total. The molecule has 0 amide bonds. The summed E-state index contributed by atoms with van der Waals surface area (Å²) in [6, 6.07) is 1.79. The maximum absolute atomic E-state index is 8.99. The van der Waals surface area contributed by atoms with Gasteiger partial charge in [0.25, 0.3) is 0 Å². The van der Waals surface area contributed by atoms with Crippen LogP contribution in [-0.4, -0.2) is 24.9 Å². The first-order valence-corrected chi connectivity index (χ1v) is 4.02. The Bertz CT molecular complexity index is 449. The Labute approximate surface area is 75.0 Å². The predicted molar refractivity (Wildman–Crippen MR) is 46.2 cm³/mol. The number of aryl methyl sites for hydroxylation is 2. The van der Waals surface area contributed by atoms with E-state index in [0.717, 1.165) is 17.1 Å². The van der Waals surface area contributed by atoms with Crippen LogP contribution in [0.2, 0.25) is 0 Å². The van der Waals surface area contributed by atoms with Crippen molar-refractivity contribution < 1.29 is 5.11 Å². The van der Waals surface area contributed by atoms with E-state index in [9.17, 15) is 0 Å². The Morgan fingerprint density at radius 3 is 2.85 bits per heavy atom. The summed E-state index contributed by atoms with van der Waals surface area (Å²) in [5, 5.41) is 21.0. The minimum atomic E-state index is -0.0127. The largest absolute Gasteiger partial charge is 0.392 e. The second-order valence-corrected chi connectivity index (χ2v) is 2.93. The molecule has 0 atom stereocenters. The fraction of sp³-hybridized carbons (Fsp3) is 0.375. The summed E-state index contributed by atoms with van der Waals surface area (Å²) in [6.07, 6.45) is 0. The van der Waals surface area contributed by atoms with Gasteiger partial charge >= 0.3 is 0 Å². The second-order valence-electron chi connectivity index (χ2n) is 2.93. The summed E-state index contributed by atoms with van der Waals surface area (Å²) in [4.78, 5) is 0. The van der Waals surface area contributed by atoms with Crippen molar-refractivity contribution >= 4 is 5.65 Å². The van der Waals surface area contributed by atoms with E-state index >= 15 is 0 Å². The smallest absolute Gasteiger partial charge is 0.178 e. The molecule has 0 aliphatic carbocycles. The van der Waals surface area contributed by atoms with Gasteiger partial charge in [-0.2, -0.15) is 9.61 Å². The van der Waals surface area contributed by atoms with Crippen LogP contribution in [0.15, 0.2) is 6.07 Å². The summed E-state index contributed by atoms with van der Waals surface area (Å²) in [7, 11) is 0. The van der Waals surface area contributed by atoms with Gasteiger partial charge in [-0.3, -0.25) is 0 Å². The lowest BCUT2D eigenvalue weighted by Crippen LogP contribution is -2.01. The van der Waals surface area contributed by atoms with E-state index in [4.69, 9.17) is 5.11 Å². The fourth-order valence-corrected chi connectivity index (χ4v) is 1.22. The van der Waals surface area contributed by atoms with Gasteiger partial charge in [-0.15, -0.1) is 10.2 Å². The second kappa shape index (κ2) is 2.77. The Kier molecular flexibility index (Phi) is 1.73. The van der Waals surface area contributed by atoms with Gasteiger partial charge in [-0.25, -0.2) is 0 Å². The van der Waals surface area contributed by atoms with Gasteiger partial charge in [-0.05, 0) is 19.9 Å². The molecule has 5 nitrogen and oxygen atoms in total. The number of fused-ring (bicyclic) bond motifs is 1. The van der Waals surface area contributed by atoms with Crippen LogP contribution >= 0.6 is 0 Å². The van der Waals surface area contributed by atoms with E-state index in [0.29, 0.717) is 5.65 Å². The first-order valence-electron chi connectivity index (χ1n) is 4.02. The van der Waals surface area contributed by atoms with E-state index in [1.54, 1.807) is 10.6 Å². The number of nitrogens with zero attached hydrogens (tertiary/aromatic N) is 4. The van der Waals surface area contributed by atoms with E-state index in [1.165, 1.54) is 0 Å². The van der Waals surface area contributed by atoms with Crippen LogP contribution in [-0.2, 0) is 6.61 Å². The molecule has 0 aromatic carbocycles. The molecule has 2 aromatic rings. The normalized spacial score (nSPS) is 11.0. The Hall–Kier alpha value is -1.49. The molecule has 0 aliphatic rings. The highest BCUT2D eigenvalue weighted by molar-refractivity contribution is 5.40. The minimum absolute atomic E-state index is 0.0127. The number of hydrogen-bond acceptors (Lipinski definition) is 4. The van der Waals surface area contributed by atoms with Crippen molar-refractivity contribution in [2.75, 3.05) is 0 Å². The average Bonchev–Trinajstić information content (AvgIpc) is 2.47. The standard InChI is InChI=1S/C8H10N4O/c1-5-7(4-13)3-8-10-9-6(2)12(8)11-5/h3,13H,4H2,1-2H3. The number of aliphatic hydroxyl groups excluding tert-OH is 1. The molecular weight excluding hydrogens is 168 g/mol. The van der Waals surface area contributed by atoms with Crippen molar-refractivity contribution in [3.05, 3.63) is 23.1 Å². The molecule has 0 radical (unpaired) electrons. The van der Waals surface area contributed by atoms with E-state index in [2.05, 4.69) is 15.3 Å². The summed E-state index contributed by atoms with van der Waals surface area (Å²) in [5.41, 5.74) is 2.27. The number of aliphatic hydroxyl groups is 1. The predicted octanol–water partition coefficient (Wildman–Crippen LogP) is 0.233. The van der Waals surface area contributed by atoms with Gasteiger partial charge in [0.05, 0.1) is 12.3 Å². The molecule has 5 heteroatoms. The minimum Gasteiger partial charge on any atom is -0.392 e. The molecule has 2 rings (SSSR count). The SMILES string of the molecule is Cc1nn2c(C)nnc2cc1CO. The first-order chi connectivity index (χ1) is 6.22. The molecule has 68 valence electrons. The van der Waals surface area contributed by atoms with Crippen LogP contribution in [0.4, 0.5) is 0 Å². The molecule has 2 heterocycles. The first kappa shape index (κ1) is 8.12. The number of rotatable bonds is 1. The third-order valence-electron chi connectivity index (χ3n) is 2.01. The number of aromatic nitrogens is 4. The lowest BCUT2D eigenvalue weighted by molar-refractivity contribution is 0.280. The Balaban J connectivity index is 2.76. The van der Waals surface area contributed by atoms with Crippen molar-refractivity contribution in [1.82, 2.24) is 19.8 Å². The zero-order chi connectivity index (χ0) is 9.42. The summed E-state index contributed by atoms with van der Waals surface area (Å²) in [6.45, 7) is 3.68. The lowest BCUT2D eigenvalue weighted by Gasteiger charge is -2.01. The van der Waals surface area contributed by atoms with Crippen LogP contribution in [0.5, 0.6) is 0 Å². The molecule has 0 spiro atoms. The molecule has 13 heavy (non-hydrogen) atoms. The summed E-state index contributed by atoms with van der Waals surface area (Å²) >= 11 is 0. The molecule has 0 bridgehead atoms. The van der Waals surface area contributed by atoms with Gasteiger partial charge in [0.2, 0.25) is 0 Å². The topological polar surface area (TPSA) is 63.3 Å². The number of hydrogen-bond donors (Lipinski definition) is 1. The lowest BCUT2D eigenvalue weighted by atomic mass is 10.2. The fourth-order valence-electron chi connectivity index (χ4n) is 1.22. The quantitative estimate of drug-likeness (QED) is 0.679. The highest BCUT2D eigenvalue weighted by Crippen LogP contribution is 2.08. The van der Waals surface area contributed by atoms with Crippen molar-refractivity contribution in [3.8, 4) is 0 Å². The zero-order valence-corrected chi connectivity index (χ0v) is 7.52. The van der Waals surface area contributed by atoms with Gasteiger partial charge in [0.15, 0.2) is 11.5 Å². The highest BCUT2D eigenvalue weighted by Gasteiger charge is 2.05.